The lowest BCUT2D eigenvalue weighted by Gasteiger charge is -2.15. The van der Waals surface area contributed by atoms with E-state index in [0.717, 1.165) is 28.9 Å². The monoisotopic (exact) mass is 376 g/mol. The van der Waals surface area contributed by atoms with Crippen LogP contribution in [0.3, 0.4) is 0 Å². The number of carbonyl (C=O) groups is 2. The number of nitrogens with zero attached hydrogens (tertiary/aromatic N) is 1. The topological polar surface area (TPSA) is 49.4 Å². The van der Waals surface area contributed by atoms with E-state index in [1.807, 2.05) is 0 Å². The molecule has 2 aromatic rings. The highest BCUT2D eigenvalue weighted by Gasteiger charge is 2.33. The third-order valence-corrected chi connectivity index (χ3v) is 4.56. The largest absolute Gasteiger partial charge is 0.285 e. The lowest BCUT2D eigenvalue weighted by molar-refractivity contribution is -0.123. The van der Waals surface area contributed by atoms with Gasteiger partial charge in [0.25, 0.3) is 11.8 Å². The van der Waals surface area contributed by atoms with Crippen molar-refractivity contribution < 1.29 is 18.4 Å². The SMILES string of the molecule is O=C(NN1C(=O)/C(=C/c2cccc(F)c2)SC1=S)c1ccc(F)cc1. The standard InChI is InChI=1S/C17H10F2N2O2S2/c18-12-6-4-11(5-7-12)15(22)20-21-16(23)14(25-17(21)24)9-10-2-1-3-13(19)8-10/h1-9H,(H,20,22)/b14-9-. The van der Waals surface area contributed by atoms with Gasteiger partial charge in [-0.1, -0.05) is 23.9 Å². The summed E-state index contributed by atoms with van der Waals surface area (Å²) >= 11 is 6.10. The minimum atomic E-state index is -0.594. The lowest BCUT2D eigenvalue weighted by atomic mass is 10.2. The van der Waals surface area contributed by atoms with Gasteiger partial charge in [-0.05, 0) is 60.3 Å². The molecule has 0 aliphatic carbocycles. The van der Waals surface area contributed by atoms with Crippen LogP contribution in [-0.2, 0) is 4.79 Å². The predicted octanol–water partition coefficient (Wildman–Crippen LogP) is 3.51. The van der Waals surface area contributed by atoms with Crippen molar-refractivity contribution in [2.75, 3.05) is 0 Å². The van der Waals surface area contributed by atoms with Crippen molar-refractivity contribution in [2.24, 2.45) is 0 Å². The van der Waals surface area contributed by atoms with Crippen LogP contribution in [0.2, 0.25) is 0 Å². The van der Waals surface area contributed by atoms with Gasteiger partial charge in [0.1, 0.15) is 11.6 Å². The average Bonchev–Trinajstić information content (AvgIpc) is 2.83. The Bertz CT molecular complexity index is 898. The highest BCUT2D eigenvalue weighted by atomic mass is 32.2. The molecule has 3 rings (SSSR count). The van der Waals surface area contributed by atoms with Gasteiger partial charge in [-0.25, -0.2) is 8.78 Å². The van der Waals surface area contributed by atoms with Gasteiger partial charge in [-0.15, -0.1) is 0 Å². The summed E-state index contributed by atoms with van der Waals surface area (Å²) in [5, 5.41) is 0.941. The minimum absolute atomic E-state index is 0.142. The minimum Gasteiger partial charge on any atom is -0.267 e. The second kappa shape index (κ2) is 7.12. The first kappa shape index (κ1) is 17.2. The summed E-state index contributed by atoms with van der Waals surface area (Å²) in [5.41, 5.74) is 3.08. The van der Waals surface area contributed by atoms with Crippen LogP contribution in [0.1, 0.15) is 15.9 Å². The number of rotatable bonds is 3. The molecule has 1 aliphatic heterocycles. The number of halogens is 2. The van der Waals surface area contributed by atoms with E-state index in [1.54, 1.807) is 6.07 Å². The lowest BCUT2D eigenvalue weighted by Crippen LogP contribution is -2.44. The zero-order valence-corrected chi connectivity index (χ0v) is 14.2. The molecule has 2 aromatic carbocycles. The second-order valence-corrected chi connectivity index (χ2v) is 6.70. The number of carbonyl (C=O) groups excluding carboxylic acids is 2. The molecular weight excluding hydrogens is 366 g/mol. The number of amides is 2. The molecule has 0 bridgehead atoms. The first-order chi connectivity index (χ1) is 11.9. The Labute approximate surface area is 151 Å². The van der Waals surface area contributed by atoms with E-state index in [9.17, 15) is 18.4 Å². The van der Waals surface area contributed by atoms with Crippen LogP contribution >= 0.6 is 24.0 Å². The Kier molecular flexibility index (Phi) is 4.91. The highest BCUT2D eigenvalue weighted by Crippen LogP contribution is 2.31. The van der Waals surface area contributed by atoms with Crippen LogP contribution in [0.15, 0.2) is 53.4 Å². The Hall–Kier alpha value is -2.58. The van der Waals surface area contributed by atoms with Crippen LogP contribution in [0.4, 0.5) is 8.78 Å². The van der Waals surface area contributed by atoms with Gasteiger partial charge in [0.15, 0.2) is 4.32 Å². The molecule has 25 heavy (non-hydrogen) atoms. The van der Waals surface area contributed by atoms with E-state index in [-0.39, 0.29) is 14.8 Å². The smallest absolute Gasteiger partial charge is 0.267 e. The van der Waals surface area contributed by atoms with E-state index in [0.29, 0.717) is 5.56 Å². The molecular formula is C17H10F2N2O2S2. The predicted molar refractivity (Wildman–Crippen MR) is 95.3 cm³/mol. The summed E-state index contributed by atoms with van der Waals surface area (Å²) in [6, 6.07) is 10.6. The van der Waals surface area contributed by atoms with Crippen molar-refractivity contribution in [3.63, 3.8) is 0 Å². The number of hydrogen-bond acceptors (Lipinski definition) is 4. The maximum Gasteiger partial charge on any atom is 0.285 e. The number of thioether (sulfide) groups is 1. The van der Waals surface area contributed by atoms with Gasteiger partial charge < -0.3 is 0 Å². The van der Waals surface area contributed by atoms with Gasteiger partial charge in [-0.3, -0.25) is 15.0 Å². The van der Waals surface area contributed by atoms with E-state index in [4.69, 9.17) is 12.2 Å². The van der Waals surface area contributed by atoms with Gasteiger partial charge in [0.2, 0.25) is 0 Å². The molecule has 0 atom stereocenters. The van der Waals surface area contributed by atoms with Crippen molar-refractivity contribution in [3.8, 4) is 0 Å². The van der Waals surface area contributed by atoms with Crippen LogP contribution in [0, 0.1) is 11.6 Å². The molecule has 2 amide bonds. The van der Waals surface area contributed by atoms with Crippen molar-refractivity contribution in [2.45, 2.75) is 0 Å². The zero-order chi connectivity index (χ0) is 18.0. The highest BCUT2D eigenvalue weighted by molar-refractivity contribution is 8.26. The van der Waals surface area contributed by atoms with E-state index in [2.05, 4.69) is 5.43 Å². The number of hydrazine groups is 1. The van der Waals surface area contributed by atoms with Crippen molar-refractivity contribution in [3.05, 3.63) is 76.2 Å². The first-order valence-electron chi connectivity index (χ1n) is 7.04. The third-order valence-electron chi connectivity index (χ3n) is 3.26. The Morgan fingerprint density at radius 2 is 1.84 bits per heavy atom. The first-order valence-corrected chi connectivity index (χ1v) is 8.26. The number of nitrogens with one attached hydrogen (secondary N) is 1. The quantitative estimate of drug-likeness (QED) is 0.658. The molecule has 0 radical (unpaired) electrons. The zero-order valence-electron chi connectivity index (χ0n) is 12.5. The van der Waals surface area contributed by atoms with Gasteiger partial charge in [0.05, 0.1) is 4.91 Å². The van der Waals surface area contributed by atoms with Gasteiger partial charge in [-0.2, -0.15) is 5.01 Å². The van der Waals surface area contributed by atoms with Crippen LogP contribution in [-0.4, -0.2) is 21.1 Å². The van der Waals surface area contributed by atoms with Crippen molar-refractivity contribution >= 4 is 46.2 Å². The molecule has 4 nitrogen and oxygen atoms in total. The molecule has 1 saturated heterocycles. The normalized spacial score (nSPS) is 15.8. The fourth-order valence-electron chi connectivity index (χ4n) is 2.08. The van der Waals surface area contributed by atoms with Gasteiger partial charge >= 0.3 is 0 Å². The van der Waals surface area contributed by atoms with Crippen LogP contribution in [0.5, 0.6) is 0 Å². The van der Waals surface area contributed by atoms with Crippen LogP contribution < -0.4 is 5.43 Å². The Morgan fingerprint density at radius 1 is 1.12 bits per heavy atom. The van der Waals surface area contributed by atoms with Gasteiger partial charge in [0, 0.05) is 5.56 Å². The summed E-state index contributed by atoms with van der Waals surface area (Å²) in [6.07, 6.45) is 1.49. The molecule has 8 heteroatoms. The molecule has 126 valence electrons. The number of hydrogen-bond donors (Lipinski definition) is 1. The summed E-state index contributed by atoms with van der Waals surface area (Å²) < 4.78 is 26.3. The summed E-state index contributed by atoms with van der Waals surface area (Å²) in [4.78, 5) is 24.8. The maximum absolute atomic E-state index is 13.2. The fourth-order valence-corrected chi connectivity index (χ4v) is 3.26. The molecule has 1 N–H and O–H groups in total. The average molecular weight is 376 g/mol. The molecule has 1 fully saturated rings. The summed E-state index contributed by atoms with van der Waals surface area (Å²) in [7, 11) is 0. The molecule has 0 saturated carbocycles. The third kappa shape index (κ3) is 3.92. The molecule has 0 unspecified atom stereocenters. The number of benzene rings is 2. The van der Waals surface area contributed by atoms with Crippen LogP contribution in [0.25, 0.3) is 6.08 Å². The Balaban J connectivity index is 1.77. The summed E-state index contributed by atoms with van der Waals surface area (Å²) in [6.45, 7) is 0. The second-order valence-electron chi connectivity index (χ2n) is 5.02. The van der Waals surface area contributed by atoms with E-state index in [1.165, 1.54) is 36.4 Å². The molecule has 1 heterocycles. The maximum atomic E-state index is 13.2. The van der Waals surface area contributed by atoms with Crippen molar-refractivity contribution in [1.82, 2.24) is 10.4 Å². The molecule has 1 aliphatic rings. The molecule has 0 aromatic heterocycles. The fraction of sp³-hybridized carbons (Fsp3) is 0. The van der Waals surface area contributed by atoms with E-state index < -0.39 is 23.4 Å². The molecule has 0 spiro atoms. The Morgan fingerprint density at radius 3 is 2.52 bits per heavy atom. The van der Waals surface area contributed by atoms with E-state index >= 15 is 0 Å². The van der Waals surface area contributed by atoms with Crippen molar-refractivity contribution in [1.29, 1.82) is 0 Å². The summed E-state index contributed by atoms with van der Waals surface area (Å²) in [5.74, 6) is -2.01. The number of thiocarbonyl (C=S) groups is 1.